The Labute approximate surface area is 316 Å². The molecular weight excluding hydrogens is 727 g/mol. The van der Waals surface area contributed by atoms with Crippen molar-refractivity contribution in [3.05, 3.63) is 122 Å². The van der Waals surface area contributed by atoms with Crippen molar-refractivity contribution in [2.24, 2.45) is 5.92 Å². The Morgan fingerprint density at radius 2 is 1.72 bits per heavy atom. The van der Waals surface area contributed by atoms with Crippen molar-refractivity contribution >= 4 is 41.6 Å². The quantitative estimate of drug-likeness (QED) is 0.0778. The van der Waals surface area contributed by atoms with E-state index in [0.717, 1.165) is 38.0 Å². The standard InChI is InChI=1S/C37H38Cl2N4O7.CH2O2/c1-47-31-10-9-26(16-33(31)48-2)32(17-28-29(38)20-43(46)21-30(28)39)49-36(44)25-7-5-23(6-8-25)18-41-35(27-4-3-13-40-19-27)37(45)50-34-22-42-14-11-24(34)12-15-42;2-1-3/h3-10,13,16,19-21,24,32,34-35,41H,11-12,14-15,17-18,22H2,1-2H3;1H,(H,2,3)/t32-,34-,35?;/m0./s1. The van der Waals surface area contributed by atoms with Crippen molar-refractivity contribution < 1.29 is 43.2 Å². The van der Waals surface area contributed by atoms with Crippen LogP contribution in [0.2, 0.25) is 10.0 Å². The van der Waals surface area contributed by atoms with Crippen molar-refractivity contribution in [3.63, 3.8) is 0 Å². The molecule has 280 valence electrons. The van der Waals surface area contributed by atoms with E-state index in [-0.39, 0.29) is 35.0 Å². The minimum atomic E-state index is -0.844. The van der Waals surface area contributed by atoms with Crippen molar-refractivity contribution in [3.8, 4) is 11.5 Å². The lowest BCUT2D eigenvalue weighted by Gasteiger charge is -2.44. The fourth-order valence-corrected chi connectivity index (χ4v) is 7.11. The fourth-order valence-electron chi connectivity index (χ4n) is 6.51. The highest BCUT2D eigenvalue weighted by Crippen LogP contribution is 2.36. The van der Waals surface area contributed by atoms with Crippen molar-refractivity contribution in [2.75, 3.05) is 33.9 Å². The van der Waals surface area contributed by atoms with Crippen LogP contribution in [-0.4, -0.2) is 73.4 Å². The predicted octanol–water partition coefficient (Wildman–Crippen LogP) is 5.35. The third-order valence-corrected chi connectivity index (χ3v) is 9.94. The van der Waals surface area contributed by atoms with E-state index in [2.05, 4.69) is 15.2 Å². The summed E-state index contributed by atoms with van der Waals surface area (Å²) in [5, 5.41) is 22.4. The molecular formula is C38H40Cl2N4O9. The SMILES string of the molecule is COc1ccc([C@H](Cc2c(Cl)c[n+]([O-])cc2Cl)OC(=O)c2ccc(CNC(C(=O)O[C@H]3CN4CCC3CC4)c3cccnc3)cc2)cc1OC.O=CO. The number of methoxy groups -OCH3 is 2. The lowest BCUT2D eigenvalue weighted by molar-refractivity contribution is -0.605. The predicted molar refractivity (Wildman–Crippen MR) is 195 cm³/mol. The molecule has 15 heteroatoms. The van der Waals surface area contributed by atoms with E-state index in [1.807, 2.05) is 6.07 Å². The van der Waals surface area contributed by atoms with Crippen molar-refractivity contribution in [1.29, 1.82) is 0 Å². The van der Waals surface area contributed by atoms with Gasteiger partial charge in [-0.3, -0.25) is 20.0 Å². The number of benzene rings is 2. The Morgan fingerprint density at radius 3 is 2.30 bits per heavy atom. The summed E-state index contributed by atoms with van der Waals surface area (Å²) in [4.78, 5) is 42.0. The van der Waals surface area contributed by atoms with Gasteiger partial charge in [-0.1, -0.05) is 47.5 Å². The number of piperidine rings is 3. The van der Waals surface area contributed by atoms with Gasteiger partial charge < -0.3 is 29.3 Å². The summed E-state index contributed by atoms with van der Waals surface area (Å²) >= 11 is 12.8. The molecule has 13 nitrogen and oxygen atoms in total. The second-order valence-electron chi connectivity index (χ2n) is 12.5. The van der Waals surface area contributed by atoms with Gasteiger partial charge in [0.15, 0.2) is 23.9 Å². The molecule has 3 aliphatic rings. The molecule has 1 unspecified atom stereocenters. The number of ether oxygens (including phenoxy) is 4. The summed E-state index contributed by atoms with van der Waals surface area (Å²) in [6, 6.07) is 15.0. The van der Waals surface area contributed by atoms with Crippen LogP contribution in [0.4, 0.5) is 0 Å². The van der Waals surface area contributed by atoms with E-state index in [1.54, 1.807) is 60.9 Å². The molecule has 3 saturated heterocycles. The number of nitrogens with one attached hydrogen (secondary N) is 1. The zero-order valence-corrected chi connectivity index (χ0v) is 30.7. The van der Waals surface area contributed by atoms with Gasteiger partial charge in [-0.2, -0.15) is 4.73 Å². The number of carbonyl (C=O) groups is 3. The first-order valence-electron chi connectivity index (χ1n) is 16.9. The molecule has 0 spiro atoms. The van der Waals surface area contributed by atoms with Crippen LogP contribution in [0.25, 0.3) is 0 Å². The van der Waals surface area contributed by atoms with Crippen LogP contribution >= 0.6 is 23.2 Å². The first-order chi connectivity index (χ1) is 25.6. The molecule has 53 heavy (non-hydrogen) atoms. The highest BCUT2D eigenvalue weighted by Gasteiger charge is 2.38. The Bertz CT molecular complexity index is 1840. The number of fused-ring (bicyclic) bond motifs is 3. The maximum atomic E-state index is 13.5. The number of nitrogens with zero attached hydrogens (tertiary/aromatic N) is 3. The lowest BCUT2D eigenvalue weighted by Crippen LogP contribution is -2.52. The molecule has 4 aromatic rings. The molecule has 7 rings (SSSR count). The number of carboxylic acid groups (broad SMARTS) is 1. The van der Waals surface area contributed by atoms with Crippen molar-refractivity contribution in [2.45, 2.75) is 44.1 Å². The van der Waals surface area contributed by atoms with E-state index in [9.17, 15) is 14.8 Å². The number of carbonyl (C=O) groups excluding carboxylic acids is 2. The van der Waals surface area contributed by atoms with Crippen LogP contribution in [0.15, 0.2) is 79.4 Å². The zero-order chi connectivity index (χ0) is 37.9. The summed E-state index contributed by atoms with van der Waals surface area (Å²) in [7, 11) is 3.04. The highest BCUT2D eigenvalue weighted by atomic mass is 35.5. The smallest absolute Gasteiger partial charge is 0.338 e. The van der Waals surface area contributed by atoms with Crippen LogP contribution < -0.4 is 19.5 Å². The summed E-state index contributed by atoms with van der Waals surface area (Å²) in [5.41, 5.74) is 2.92. The van der Waals surface area contributed by atoms with Crippen LogP contribution in [0, 0.1) is 11.1 Å². The maximum absolute atomic E-state index is 13.5. The average Bonchev–Trinajstić information content (AvgIpc) is 3.17. The average molecular weight is 768 g/mol. The van der Waals surface area contributed by atoms with E-state index in [1.165, 1.54) is 26.6 Å². The van der Waals surface area contributed by atoms with Gasteiger partial charge in [0.2, 0.25) is 0 Å². The molecule has 0 amide bonds. The fraction of sp³-hybridized carbons (Fsp3) is 0.342. The monoisotopic (exact) mass is 766 g/mol. The first kappa shape index (κ1) is 39.3. The molecule has 0 saturated carbocycles. The van der Waals surface area contributed by atoms with E-state index < -0.39 is 18.1 Å². The van der Waals surface area contributed by atoms with Gasteiger partial charge in [0.25, 0.3) is 6.47 Å². The van der Waals surface area contributed by atoms with Crippen LogP contribution in [0.5, 0.6) is 11.5 Å². The third kappa shape index (κ3) is 10.1. The maximum Gasteiger partial charge on any atom is 0.338 e. The van der Waals surface area contributed by atoms with Gasteiger partial charge in [-0.25, -0.2) is 9.59 Å². The summed E-state index contributed by atoms with van der Waals surface area (Å²) in [6.45, 7) is 2.97. The number of esters is 2. The highest BCUT2D eigenvalue weighted by molar-refractivity contribution is 6.35. The molecule has 3 atom stereocenters. The second-order valence-corrected chi connectivity index (χ2v) is 13.3. The first-order valence-corrected chi connectivity index (χ1v) is 17.6. The molecule has 2 aromatic heterocycles. The van der Waals surface area contributed by atoms with Crippen LogP contribution in [-0.2, 0) is 32.0 Å². The molecule has 2 N–H and O–H groups in total. The van der Waals surface area contributed by atoms with Gasteiger partial charge in [0.1, 0.15) is 28.3 Å². The third-order valence-electron chi connectivity index (χ3n) is 9.29. The molecule has 3 aliphatic heterocycles. The van der Waals surface area contributed by atoms with E-state index in [0.29, 0.717) is 50.9 Å². The van der Waals surface area contributed by atoms with Gasteiger partial charge in [0.05, 0.1) is 19.8 Å². The molecule has 0 radical (unpaired) electrons. The van der Waals surface area contributed by atoms with Crippen LogP contribution in [0.1, 0.15) is 57.6 Å². The van der Waals surface area contributed by atoms with Gasteiger partial charge in [-0.05, 0) is 78.9 Å². The summed E-state index contributed by atoms with van der Waals surface area (Å²) in [6.07, 6.45) is 6.93. The van der Waals surface area contributed by atoms with E-state index >= 15 is 0 Å². The summed E-state index contributed by atoms with van der Waals surface area (Å²) in [5.74, 6) is 0.431. The van der Waals surface area contributed by atoms with Gasteiger partial charge in [-0.15, -0.1) is 0 Å². The Morgan fingerprint density at radius 1 is 1.04 bits per heavy atom. The second kappa shape index (κ2) is 18.7. The summed E-state index contributed by atoms with van der Waals surface area (Å²) < 4.78 is 23.5. The number of rotatable bonds is 13. The molecule has 5 heterocycles. The van der Waals surface area contributed by atoms with E-state index in [4.69, 9.17) is 52.1 Å². The molecule has 2 aromatic carbocycles. The van der Waals surface area contributed by atoms with Crippen LogP contribution in [0.3, 0.4) is 0 Å². The van der Waals surface area contributed by atoms with Gasteiger partial charge >= 0.3 is 11.9 Å². The van der Waals surface area contributed by atoms with Crippen molar-refractivity contribution in [1.82, 2.24) is 15.2 Å². The number of pyridine rings is 2. The number of halogens is 2. The number of hydrogen-bond acceptors (Lipinski definition) is 11. The Kier molecular flexibility index (Phi) is 13.9. The molecule has 0 aliphatic carbocycles. The Balaban J connectivity index is 0.00000175. The Hall–Kier alpha value is -4.95. The largest absolute Gasteiger partial charge is 0.619 e. The minimum Gasteiger partial charge on any atom is -0.619 e. The number of hydrogen-bond donors (Lipinski definition) is 2. The zero-order valence-electron chi connectivity index (χ0n) is 29.2. The normalized spacial score (nSPS) is 18.5. The van der Waals surface area contributed by atoms with Gasteiger partial charge in [0, 0.05) is 37.5 Å². The molecule has 2 bridgehead atoms. The number of aromatic nitrogens is 2. The minimum absolute atomic E-state index is 0.0905. The molecule has 3 fully saturated rings. The lowest BCUT2D eigenvalue weighted by atomic mass is 9.86. The topological polar surface area (TPSA) is 163 Å².